The Labute approximate surface area is 187 Å². The fourth-order valence-corrected chi connectivity index (χ4v) is 3.32. The maximum Gasteiger partial charge on any atom is 0.282 e. The van der Waals surface area contributed by atoms with Gasteiger partial charge in [-0.2, -0.15) is 0 Å². The van der Waals surface area contributed by atoms with Crippen molar-refractivity contribution in [3.05, 3.63) is 95.6 Å². The molecule has 32 heavy (non-hydrogen) atoms. The fraction of sp³-hybridized carbons (Fsp3) is 0.154. The molecular weight excluding hydrogens is 404 g/mol. The highest BCUT2D eigenvalue weighted by molar-refractivity contribution is 6.31. The van der Waals surface area contributed by atoms with E-state index in [1.165, 1.54) is 5.01 Å². The van der Waals surface area contributed by atoms with Crippen molar-refractivity contribution in [1.29, 1.82) is 0 Å². The van der Waals surface area contributed by atoms with Crippen molar-refractivity contribution in [1.82, 2.24) is 5.43 Å². The van der Waals surface area contributed by atoms with Crippen LogP contribution < -0.4 is 19.9 Å². The van der Waals surface area contributed by atoms with Crippen LogP contribution in [0, 0.1) is 6.92 Å². The Morgan fingerprint density at radius 1 is 0.844 bits per heavy atom. The molecule has 1 fully saturated rings. The van der Waals surface area contributed by atoms with Crippen molar-refractivity contribution in [2.75, 3.05) is 18.2 Å². The molecule has 0 saturated carbocycles. The first-order chi connectivity index (χ1) is 15.6. The fourth-order valence-electron chi connectivity index (χ4n) is 3.32. The minimum Gasteiger partial charge on any atom is -0.493 e. The lowest BCUT2D eigenvalue weighted by molar-refractivity contribution is -0.117. The zero-order valence-electron chi connectivity index (χ0n) is 17.8. The van der Waals surface area contributed by atoms with E-state index < -0.39 is 5.91 Å². The molecule has 1 saturated heterocycles. The molecule has 1 aliphatic heterocycles. The molecule has 1 aliphatic rings. The molecule has 0 atom stereocenters. The topological polar surface area (TPSA) is 67.9 Å². The van der Waals surface area contributed by atoms with Crippen LogP contribution >= 0.6 is 0 Å². The van der Waals surface area contributed by atoms with Gasteiger partial charge in [-0.05, 0) is 60.5 Å². The van der Waals surface area contributed by atoms with Crippen LogP contribution in [0.1, 0.15) is 17.5 Å². The van der Waals surface area contributed by atoms with Crippen LogP contribution in [0.3, 0.4) is 0 Å². The number of hydrazine groups is 1. The van der Waals surface area contributed by atoms with Gasteiger partial charge in [0.25, 0.3) is 11.8 Å². The van der Waals surface area contributed by atoms with Gasteiger partial charge in [0.15, 0.2) is 0 Å². The lowest BCUT2D eigenvalue weighted by Gasteiger charge is -2.13. The van der Waals surface area contributed by atoms with Gasteiger partial charge in [0, 0.05) is 6.42 Å². The first-order valence-corrected chi connectivity index (χ1v) is 10.4. The third kappa shape index (κ3) is 5.16. The lowest BCUT2D eigenvalue weighted by Crippen LogP contribution is -2.35. The number of nitrogens with one attached hydrogen (secondary N) is 1. The van der Waals surface area contributed by atoms with Crippen molar-refractivity contribution in [2.24, 2.45) is 0 Å². The Morgan fingerprint density at radius 2 is 1.53 bits per heavy atom. The average Bonchev–Trinajstić information content (AvgIpc) is 3.08. The molecule has 6 nitrogen and oxygen atoms in total. The number of benzene rings is 3. The van der Waals surface area contributed by atoms with Crippen LogP contribution in [0.2, 0.25) is 0 Å². The molecule has 3 aromatic rings. The Morgan fingerprint density at radius 3 is 2.25 bits per heavy atom. The smallest absolute Gasteiger partial charge is 0.282 e. The largest absolute Gasteiger partial charge is 0.493 e. The highest BCUT2D eigenvalue weighted by atomic mass is 16.5. The van der Waals surface area contributed by atoms with Gasteiger partial charge >= 0.3 is 0 Å². The maximum absolute atomic E-state index is 12.7. The van der Waals surface area contributed by atoms with E-state index in [1.54, 1.807) is 24.3 Å². The second kappa shape index (κ2) is 9.83. The molecule has 162 valence electrons. The normalized spacial score (nSPS) is 14.5. The molecule has 0 unspecified atom stereocenters. The van der Waals surface area contributed by atoms with E-state index in [2.05, 4.69) is 5.43 Å². The summed E-state index contributed by atoms with van der Waals surface area (Å²) < 4.78 is 11.5. The molecular formula is C26H24N2O4. The van der Waals surface area contributed by atoms with E-state index in [-0.39, 0.29) is 11.5 Å². The summed E-state index contributed by atoms with van der Waals surface area (Å²) in [6.07, 6.45) is 2.31. The third-order valence-electron chi connectivity index (χ3n) is 4.89. The van der Waals surface area contributed by atoms with Gasteiger partial charge in [0.1, 0.15) is 17.1 Å². The van der Waals surface area contributed by atoms with Crippen LogP contribution in [0.5, 0.6) is 11.5 Å². The summed E-state index contributed by atoms with van der Waals surface area (Å²) in [5.41, 5.74) is 5.17. The number of aryl methyl sites for hydroxylation is 1. The Kier molecular flexibility index (Phi) is 6.51. The van der Waals surface area contributed by atoms with Crippen molar-refractivity contribution >= 4 is 23.6 Å². The summed E-state index contributed by atoms with van der Waals surface area (Å²) in [7, 11) is 0. The SMILES string of the molecule is Cc1cccc(OCCCOc2cccc(C=C3C(=O)NN(c4ccccc4)C3=O)c2)c1. The van der Waals surface area contributed by atoms with Gasteiger partial charge in [0.05, 0.1) is 18.9 Å². The van der Waals surface area contributed by atoms with Crippen LogP contribution in [-0.2, 0) is 9.59 Å². The predicted octanol–water partition coefficient (Wildman–Crippen LogP) is 4.30. The number of ether oxygens (including phenoxy) is 2. The van der Waals surface area contributed by atoms with E-state index in [1.807, 2.05) is 67.6 Å². The Hall–Kier alpha value is -4.06. The van der Waals surface area contributed by atoms with Crippen molar-refractivity contribution in [2.45, 2.75) is 13.3 Å². The molecule has 0 aromatic heterocycles. The zero-order chi connectivity index (χ0) is 22.3. The maximum atomic E-state index is 12.7. The van der Waals surface area contributed by atoms with E-state index in [0.29, 0.717) is 30.2 Å². The number of anilines is 1. The van der Waals surface area contributed by atoms with Gasteiger partial charge in [-0.25, -0.2) is 5.01 Å². The van der Waals surface area contributed by atoms with E-state index >= 15 is 0 Å². The number of hydrogen-bond donors (Lipinski definition) is 1. The molecule has 0 radical (unpaired) electrons. The summed E-state index contributed by atoms with van der Waals surface area (Å²) >= 11 is 0. The van der Waals surface area contributed by atoms with Gasteiger partial charge in [-0.15, -0.1) is 0 Å². The van der Waals surface area contributed by atoms with E-state index in [4.69, 9.17) is 9.47 Å². The summed E-state index contributed by atoms with van der Waals surface area (Å²) in [5, 5.41) is 1.25. The van der Waals surface area contributed by atoms with E-state index in [0.717, 1.165) is 17.7 Å². The summed E-state index contributed by atoms with van der Waals surface area (Å²) in [6.45, 7) is 3.07. The molecule has 1 heterocycles. The second-order valence-corrected chi connectivity index (χ2v) is 7.41. The van der Waals surface area contributed by atoms with Crippen molar-refractivity contribution in [3.63, 3.8) is 0 Å². The first kappa shape index (κ1) is 21.2. The number of carbonyl (C=O) groups excluding carboxylic acids is 2. The van der Waals surface area contributed by atoms with Gasteiger partial charge in [-0.3, -0.25) is 15.0 Å². The second-order valence-electron chi connectivity index (χ2n) is 7.41. The first-order valence-electron chi connectivity index (χ1n) is 10.4. The highest BCUT2D eigenvalue weighted by Gasteiger charge is 2.34. The number of para-hydroxylation sites is 1. The minimum atomic E-state index is -0.432. The summed E-state index contributed by atoms with van der Waals surface area (Å²) in [5.74, 6) is 0.697. The minimum absolute atomic E-state index is 0.0811. The quantitative estimate of drug-likeness (QED) is 0.330. The molecule has 0 bridgehead atoms. The van der Waals surface area contributed by atoms with Crippen LogP contribution in [0.25, 0.3) is 6.08 Å². The number of nitrogens with zero attached hydrogens (tertiary/aromatic N) is 1. The number of hydrogen-bond acceptors (Lipinski definition) is 4. The number of amides is 2. The summed E-state index contributed by atoms with van der Waals surface area (Å²) in [4.78, 5) is 25.1. The van der Waals surface area contributed by atoms with Crippen LogP contribution in [0.15, 0.2) is 84.4 Å². The Bertz CT molecular complexity index is 1140. The highest BCUT2D eigenvalue weighted by Crippen LogP contribution is 2.22. The number of rotatable bonds is 8. The molecule has 2 amide bonds. The third-order valence-corrected chi connectivity index (χ3v) is 4.89. The van der Waals surface area contributed by atoms with Crippen LogP contribution in [0.4, 0.5) is 5.69 Å². The van der Waals surface area contributed by atoms with Gasteiger partial charge in [-0.1, -0.05) is 42.5 Å². The van der Waals surface area contributed by atoms with Crippen molar-refractivity contribution < 1.29 is 19.1 Å². The van der Waals surface area contributed by atoms with Crippen molar-refractivity contribution in [3.8, 4) is 11.5 Å². The number of carbonyl (C=O) groups is 2. The predicted molar refractivity (Wildman–Crippen MR) is 123 cm³/mol. The van der Waals surface area contributed by atoms with E-state index in [9.17, 15) is 9.59 Å². The molecule has 3 aromatic carbocycles. The standard InChI is InChI=1S/C26H24N2O4/c1-19-8-5-12-22(16-19)31-14-7-15-32-23-13-6-9-20(17-23)18-24-25(29)27-28(26(24)30)21-10-3-2-4-11-21/h2-6,8-13,16-18H,7,14-15H2,1H3,(H,27,29). The van der Waals surface area contributed by atoms with Gasteiger partial charge in [0.2, 0.25) is 0 Å². The van der Waals surface area contributed by atoms with Gasteiger partial charge < -0.3 is 9.47 Å². The Balaban J connectivity index is 1.34. The lowest BCUT2D eigenvalue weighted by atomic mass is 10.1. The van der Waals surface area contributed by atoms with Crippen LogP contribution in [-0.4, -0.2) is 25.0 Å². The molecule has 0 spiro atoms. The molecule has 4 rings (SSSR count). The average molecular weight is 428 g/mol. The monoisotopic (exact) mass is 428 g/mol. The molecule has 0 aliphatic carbocycles. The zero-order valence-corrected chi connectivity index (χ0v) is 17.8. The molecule has 6 heteroatoms. The molecule has 1 N–H and O–H groups in total. The summed E-state index contributed by atoms with van der Waals surface area (Å²) in [6, 6.07) is 24.2.